The summed E-state index contributed by atoms with van der Waals surface area (Å²) in [7, 11) is 0. The van der Waals surface area contributed by atoms with E-state index in [4.69, 9.17) is 14.7 Å². The number of alkyl halides is 1. The first-order chi connectivity index (χ1) is 14.6. The SMILES string of the molecule is Cc1ccc2c(N3CC4CCC(C3)N4)nc(OC[C@@]34CCCN3C[C@H](F)C4)nc2c1. The number of rotatable bonds is 4. The minimum Gasteiger partial charge on any atom is -0.461 e. The lowest BCUT2D eigenvalue weighted by Gasteiger charge is -2.34. The minimum atomic E-state index is -0.749. The molecule has 4 fully saturated rings. The summed E-state index contributed by atoms with van der Waals surface area (Å²) in [5, 5.41) is 4.78. The van der Waals surface area contributed by atoms with Crippen LogP contribution in [0.5, 0.6) is 6.01 Å². The Morgan fingerprint density at radius 1 is 1.20 bits per heavy atom. The molecule has 4 aliphatic rings. The fourth-order valence-electron chi connectivity index (χ4n) is 6.13. The maximum Gasteiger partial charge on any atom is 0.319 e. The van der Waals surface area contributed by atoms with Crippen molar-refractivity contribution >= 4 is 16.7 Å². The van der Waals surface area contributed by atoms with E-state index in [-0.39, 0.29) is 5.54 Å². The van der Waals surface area contributed by atoms with E-state index in [9.17, 15) is 4.39 Å². The monoisotopic (exact) mass is 411 g/mol. The largest absolute Gasteiger partial charge is 0.461 e. The topological polar surface area (TPSA) is 53.5 Å². The molecule has 0 saturated carbocycles. The van der Waals surface area contributed by atoms with E-state index < -0.39 is 6.17 Å². The predicted molar refractivity (Wildman–Crippen MR) is 115 cm³/mol. The van der Waals surface area contributed by atoms with Gasteiger partial charge in [-0.25, -0.2) is 4.39 Å². The molecule has 4 saturated heterocycles. The Hall–Kier alpha value is -1.99. The van der Waals surface area contributed by atoms with E-state index in [2.05, 4.69) is 40.2 Å². The molecule has 2 unspecified atom stereocenters. The first kappa shape index (κ1) is 18.8. The maximum absolute atomic E-state index is 14.1. The van der Waals surface area contributed by atoms with Gasteiger partial charge in [0.1, 0.15) is 18.6 Å². The summed E-state index contributed by atoms with van der Waals surface area (Å²) in [6, 6.07) is 7.87. The van der Waals surface area contributed by atoms with Crippen LogP contribution < -0.4 is 15.0 Å². The third-order valence-electron chi connectivity index (χ3n) is 7.56. The van der Waals surface area contributed by atoms with Crippen molar-refractivity contribution in [3.05, 3.63) is 23.8 Å². The van der Waals surface area contributed by atoms with Gasteiger partial charge in [-0.1, -0.05) is 6.07 Å². The van der Waals surface area contributed by atoms with Crippen molar-refractivity contribution in [2.45, 2.75) is 62.8 Å². The molecule has 4 aliphatic heterocycles. The number of piperazine rings is 1. The molecular formula is C23H30FN5O. The van der Waals surface area contributed by atoms with E-state index >= 15 is 0 Å². The minimum absolute atomic E-state index is 0.182. The van der Waals surface area contributed by atoms with Gasteiger partial charge in [0.25, 0.3) is 0 Å². The predicted octanol–water partition coefficient (Wildman–Crippen LogP) is 2.83. The summed E-state index contributed by atoms with van der Waals surface area (Å²) in [5.74, 6) is 0.976. The summed E-state index contributed by atoms with van der Waals surface area (Å²) < 4.78 is 20.3. The molecule has 30 heavy (non-hydrogen) atoms. The Balaban J connectivity index is 1.32. The van der Waals surface area contributed by atoms with E-state index in [0.29, 0.717) is 37.7 Å². The number of ether oxygens (including phenoxy) is 1. The molecule has 0 aliphatic carbocycles. The van der Waals surface area contributed by atoms with Crippen LogP contribution >= 0.6 is 0 Å². The molecule has 1 aromatic carbocycles. The molecule has 6 rings (SSSR count). The maximum atomic E-state index is 14.1. The number of benzene rings is 1. The van der Waals surface area contributed by atoms with E-state index in [1.165, 1.54) is 18.4 Å². The molecule has 6 nitrogen and oxygen atoms in total. The summed E-state index contributed by atoms with van der Waals surface area (Å²) in [4.78, 5) is 14.3. The van der Waals surface area contributed by atoms with Gasteiger partial charge in [0.2, 0.25) is 0 Å². The Morgan fingerprint density at radius 3 is 2.87 bits per heavy atom. The molecule has 2 aromatic rings. The number of fused-ring (bicyclic) bond motifs is 4. The zero-order valence-corrected chi connectivity index (χ0v) is 17.6. The summed E-state index contributed by atoms with van der Waals surface area (Å²) in [5.41, 5.74) is 1.92. The van der Waals surface area contributed by atoms with Gasteiger partial charge in [-0.2, -0.15) is 9.97 Å². The Bertz CT molecular complexity index is 958. The molecule has 1 aromatic heterocycles. The average Bonchev–Trinajstić information content (AvgIpc) is 3.36. The number of hydrogen-bond donors (Lipinski definition) is 1. The van der Waals surface area contributed by atoms with Gasteiger partial charge < -0.3 is 15.0 Å². The lowest BCUT2D eigenvalue weighted by Crippen LogP contribution is -2.51. The fourth-order valence-corrected chi connectivity index (χ4v) is 6.13. The zero-order valence-electron chi connectivity index (χ0n) is 17.6. The van der Waals surface area contributed by atoms with Crippen LogP contribution in [0.3, 0.4) is 0 Å². The molecule has 7 heteroatoms. The Labute approximate surface area is 176 Å². The first-order valence-electron chi connectivity index (χ1n) is 11.4. The van der Waals surface area contributed by atoms with Gasteiger partial charge in [-0.3, -0.25) is 4.90 Å². The molecule has 0 radical (unpaired) electrons. The number of aryl methyl sites for hydroxylation is 1. The van der Waals surface area contributed by atoms with Gasteiger partial charge in [0.15, 0.2) is 0 Å². The van der Waals surface area contributed by atoms with Crippen molar-refractivity contribution in [2.24, 2.45) is 0 Å². The second-order valence-electron chi connectivity index (χ2n) is 9.76. The summed E-state index contributed by atoms with van der Waals surface area (Å²) >= 11 is 0. The lowest BCUT2D eigenvalue weighted by atomic mass is 9.95. The van der Waals surface area contributed by atoms with Gasteiger partial charge in [-0.15, -0.1) is 0 Å². The highest BCUT2D eigenvalue weighted by Gasteiger charge is 2.49. The smallest absolute Gasteiger partial charge is 0.319 e. The number of halogens is 1. The van der Waals surface area contributed by atoms with Crippen LogP contribution in [0.15, 0.2) is 18.2 Å². The van der Waals surface area contributed by atoms with Gasteiger partial charge in [0.05, 0.1) is 11.1 Å². The van der Waals surface area contributed by atoms with Crippen LogP contribution in [-0.4, -0.2) is 71.4 Å². The van der Waals surface area contributed by atoms with Crippen molar-refractivity contribution in [1.29, 1.82) is 0 Å². The molecule has 1 N–H and O–H groups in total. The average molecular weight is 412 g/mol. The Morgan fingerprint density at radius 2 is 2.03 bits per heavy atom. The first-order valence-corrected chi connectivity index (χ1v) is 11.4. The number of aromatic nitrogens is 2. The van der Waals surface area contributed by atoms with Crippen molar-refractivity contribution in [2.75, 3.05) is 37.7 Å². The number of hydrogen-bond acceptors (Lipinski definition) is 6. The summed E-state index contributed by atoms with van der Waals surface area (Å²) in [6.07, 6.45) is 4.39. The van der Waals surface area contributed by atoms with Crippen LogP contribution in [0, 0.1) is 6.92 Å². The Kier molecular flexibility index (Phi) is 4.39. The van der Waals surface area contributed by atoms with Crippen molar-refractivity contribution in [3.8, 4) is 6.01 Å². The van der Waals surface area contributed by atoms with Crippen molar-refractivity contribution in [1.82, 2.24) is 20.2 Å². The molecule has 5 heterocycles. The fraction of sp³-hybridized carbons (Fsp3) is 0.652. The second-order valence-corrected chi connectivity index (χ2v) is 9.76. The quantitative estimate of drug-likeness (QED) is 0.835. The van der Waals surface area contributed by atoms with E-state index in [0.717, 1.165) is 49.2 Å². The van der Waals surface area contributed by atoms with E-state index in [1.54, 1.807) is 0 Å². The highest BCUT2D eigenvalue weighted by Crippen LogP contribution is 2.40. The molecule has 0 spiro atoms. The van der Waals surface area contributed by atoms with Gasteiger partial charge in [0, 0.05) is 43.5 Å². The van der Waals surface area contributed by atoms with Crippen LogP contribution in [0.1, 0.15) is 37.7 Å². The molecule has 2 bridgehead atoms. The summed E-state index contributed by atoms with van der Waals surface area (Å²) in [6.45, 7) is 6.00. The highest BCUT2D eigenvalue weighted by molar-refractivity contribution is 5.90. The normalized spacial score (nSPS) is 33.4. The highest BCUT2D eigenvalue weighted by atomic mass is 19.1. The van der Waals surface area contributed by atoms with Crippen LogP contribution in [-0.2, 0) is 0 Å². The standard InChI is InChI=1S/C23H30FN5O/c1-15-3-6-19-20(9-15)26-22(27-21(19)28-12-17-4-5-18(13-28)25-17)30-14-23-7-2-8-29(23)11-16(24)10-23/h3,6,9,16-18,25H,2,4-5,7-8,10-14H2,1H3/t16-,17?,18?,23+/m1/s1. The molecule has 0 amide bonds. The number of anilines is 1. The van der Waals surface area contributed by atoms with Crippen molar-refractivity contribution in [3.63, 3.8) is 0 Å². The van der Waals surface area contributed by atoms with Crippen LogP contribution in [0.25, 0.3) is 10.9 Å². The third-order valence-corrected chi connectivity index (χ3v) is 7.56. The lowest BCUT2D eigenvalue weighted by molar-refractivity contribution is 0.107. The zero-order chi connectivity index (χ0) is 20.3. The second kappa shape index (κ2) is 7.02. The van der Waals surface area contributed by atoms with Crippen LogP contribution in [0.4, 0.5) is 10.2 Å². The molecule has 160 valence electrons. The van der Waals surface area contributed by atoms with Crippen LogP contribution in [0.2, 0.25) is 0 Å². The third kappa shape index (κ3) is 3.14. The van der Waals surface area contributed by atoms with Gasteiger partial charge >= 0.3 is 6.01 Å². The van der Waals surface area contributed by atoms with Gasteiger partial charge in [-0.05, 0) is 56.8 Å². The number of nitrogens with one attached hydrogen (secondary N) is 1. The molecule has 4 atom stereocenters. The molecular weight excluding hydrogens is 381 g/mol. The van der Waals surface area contributed by atoms with Crippen molar-refractivity contribution < 1.29 is 9.13 Å². The van der Waals surface area contributed by atoms with E-state index in [1.807, 2.05) is 0 Å². The number of nitrogens with zero attached hydrogens (tertiary/aromatic N) is 4.